The van der Waals surface area contributed by atoms with Crippen molar-refractivity contribution in [3.63, 3.8) is 0 Å². The van der Waals surface area contributed by atoms with Crippen LogP contribution in [0.25, 0.3) is 22.5 Å². The van der Waals surface area contributed by atoms with E-state index in [9.17, 15) is 14.4 Å². The molecule has 5 N–H and O–H groups in total. The van der Waals surface area contributed by atoms with Crippen molar-refractivity contribution in [2.45, 2.75) is 70.0 Å². The molecule has 0 bridgehead atoms. The third-order valence-electron chi connectivity index (χ3n) is 9.63. The first-order valence-corrected chi connectivity index (χ1v) is 18.3. The van der Waals surface area contributed by atoms with Crippen LogP contribution >= 0.6 is 0 Å². The Bertz CT molecular complexity index is 1970. The predicted molar refractivity (Wildman–Crippen MR) is 206 cm³/mol. The zero-order valence-corrected chi connectivity index (χ0v) is 32.7. The lowest BCUT2D eigenvalue weighted by molar-refractivity contribution is -0.152. The highest BCUT2D eigenvalue weighted by Crippen LogP contribution is 2.32. The molecule has 1 aliphatic heterocycles. The number of hydrogen-bond donors (Lipinski definition) is 5. The van der Waals surface area contributed by atoms with E-state index >= 15 is 0 Å². The number of aromatic amines is 2. The van der Waals surface area contributed by atoms with Crippen LogP contribution in [0.3, 0.4) is 0 Å². The summed E-state index contributed by atoms with van der Waals surface area (Å²) in [5.41, 5.74) is 7.95. The maximum absolute atomic E-state index is 13.6. The Morgan fingerprint density at radius 3 is 2.00 bits per heavy atom. The number of benzene rings is 2. The van der Waals surface area contributed by atoms with E-state index in [4.69, 9.17) is 19.0 Å². The van der Waals surface area contributed by atoms with Gasteiger partial charge >= 0.3 is 6.09 Å². The number of amides is 3. The van der Waals surface area contributed by atoms with Gasteiger partial charge in [-0.05, 0) is 69.0 Å². The molecule has 0 aliphatic carbocycles. The first-order chi connectivity index (χ1) is 27.1. The fourth-order valence-electron chi connectivity index (χ4n) is 6.22. The number of hydroxylamine groups is 1. The van der Waals surface area contributed by atoms with Crippen LogP contribution < -0.4 is 16.1 Å². The van der Waals surface area contributed by atoms with Gasteiger partial charge in [0, 0.05) is 39.0 Å². The largest absolute Gasteiger partial charge is 0.453 e. The number of imidazole rings is 2. The first kappa shape index (κ1) is 41.6. The maximum atomic E-state index is 13.6. The second kappa shape index (κ2) is 19.8. The van der Waals surface area contributed by atoms with Gasteiger partial charge in [0.05, 0.1) is 55.2 Å². The van der Waals surface area contributed by atoms with Crippen molar-refractivity contribution in [1.82, 2.24) is 40.9 Å². The van der Waals surface area contributed by atoms with Crippen molar-refractivity contribution < 1.29 is 38.2 Å². The molecule has 3 heterocycles. The number of nitrogens with zero attached hydrogens (tertiary/aromatic N) is 3. The van der Waals surface area contributed by atoms with Gasteiger partial charge in [-0.15, -0.1) is 0 Å². The molecular formula is C40H50N8O8. The third kappa shape index (κ3) is 10.4. The number of methoxy groups -OCH3 is 4. The summed E-state index contributed by atoms with van der Waals surface area (Å²) in [4.78, 5) is 61.2. The van der Waals surface area contributed by atoms with Gasteiger partial charge in [-0.25, -0.2) is 14.8 Å². The summed E-state index contributed by atoms with van der Waals surface area (Å²) in [6.07, 6.45) is 3.39. The van der Waals surface area contributed by atoms with Crippen LogP contribution in [0.15, 0.2) is 60.9 Å². The molecule has 2 aromatic heterocycles. The number of hydrogen-bond acceptors (Lipinski definition) is 11. The van der Waals surface area contributed by atoms with E-state index in [1.807, 2.05) is 60.4 Å². The maximum Gasteiger partial charge on any atom is 0.407 e. The molecule has 5 rings (SSSR count). The van der Waals surface area contributed by atoms with Crippen molar-refractivity contribution in [2.75, 3.05) is 41.8 Å². The first-order valence-electron chi connectivity index (χ1n) is 18.3. The number of likely N-dealkylation sites (tertiary alicyclic amines) is 1. The quantitative estimate of drug-likeness (QED) is 0.0479. The number of nitrogens with one attached hydrogen (secondary N) is 5. The lowest BCUT2D eigenvalue weighted by Crippen LogP contribution is -2.53. The van der Waals surface area contributed by atoms with Crippen molar-refractivity contribution in [2.24, 2.45) is 0 Å². The molecule has 0 radical (unpaired) electrons. The number of ether oxygens (including phenoxy) is 4. The van der Waals surface area contributed by atoms with Crippen molar-refractivity contribution in [3.05, 3.63) is 83.7 Å². The molecule has 4 aromatic rings. The highest BCUT2D eigenvalue weighted by atomic mass is 16.8. The fraction of sp³-hybridized carbons (Fsp3) is 0.425. The van der Waals surface area contributed by atoms with E-state index in [0.29, 0.717) is 12.4 Å². The Balaban J connectivity index is 1.18. The molecule has 1 saturated heterocycles. The molecule has 2 aromatic carbocycles. The molecule has 0 spiro atoms. The standard InChI is InChI=1S/C40H50N8O8/c1-24(43-38(49)34(25(2)53-5)46-40(51)55-7)36-41-21-31(44-36)29-16-12-27(13-17-29)10-11-28-14-18-30(19-15-28)32-22-42-37(45-32)33-9-8-20-48(33)39(50)35(26(3)54-6)47-56-23-52-4/h12-19,21-22,24-26,33-35,47H,8-9,20,23H2,1-7H3,(H,41,44)(H,42,45)(H,43,49)(H,46,51)/t24-,25+,26+,33-,34-,35-/m0/s1. The van der Waals surface area contributed by atoms with Gasteiger partial charge < -0.3 is 44.4 Å². The summed E-state index contributed by atoms with van der Waals surface area (Å²) < 4.78 is 20.3. The molecule has 16 heteroatoms. The highest BCUT2D eigenvalue weighted by Gasteiger charge is 2.38. The lowest BCUT2D eigenvalue weighted by atomic mass is 10.1. The van der Waals surface area contributed by atoms with Gasteiger partial charge in [0.25, 0.3) is 0 Å². The SMILES string of the molecule is COCON[C@H](C(=O)N1CCC[C@H]1c1ncc(-c2ccc(C#Cc3ccc(-c4cnc([C@H](C)NC(=O)[C@@H](NC(=O)OC)[C@@H](C)OC)[nH]4)cc3)cc2)[nH]1)[C@@H](C)OC. The zero-order valence-electron chi connectivity index (χ0n) is 32.7. The Hall–Kier alpha value is -5.57. The number of alkyl carbamates (subject to hydrolysis) is 1. The number of carbonyl (C=O) groups is 3. The van der Waals surface area contributed by atoms with Gasteiger partial charge in [0.1, 0.15) is 23.7 Å². The lowest BCUT2D eigenvalue weighted by Gasteiger charge is -2.30. The second-order valence-electron chi connectivity index (χ2n) is 13.3. The smallest absolute Gasteiger partial charge is 0.407 e. The van der Waals surface area contributed by atoms with Crippen molar-refractivity contribution in [1.29, 1.82) is 0 Å². The van der Waals surface area contributed by atoms with E-state index < -0.39 is 42.3 Å². The topological polar surface area (TPSA) is 194 Å². The summed E-state index contributed by atoms with van der Waals surface area (Å²) >= 11 is 0. The van der Waals surface area contributed by atoms with Crippen LogP contribution in [0.5, 0.6) is 0 Å². The minimum Gasteiger partial charge on any atom is -0.453 e. The molecule has 1 aliphatic rings. The van der Waals surface area contributed by atoms with Crippen LogP contribution in [0.4, 0.5) is 4.79 Å². The fourth-order valence-corrected chi connectivity index (χ4v) is 6.22. The van der Waals surface area contributed by atoms with Crippen molar-refractivity contribution >= 4 is 17.9 Å². The molecule has 56 heavy (non-hydrogen) atoms. The van der Waals surface area contributed by atoms with Crippen molar-refractivity contribution in [3.8, 4) is 34.4 Å². The summed E-state index contributed by atoms with van der Waals surface area (Å²) in [6.45, 7) is 5.89. The van der Waals surface area contributed by atoms with E-state index in [0.717, 1.165) is 52.3 Å². The number of carbonyl (C=O) groups excluding carboxylic acids is 3. The molecular weight excluding hydrogens is 720 g/mol. The predicted octanol–water partition coefficient (Wildman–Crippen LogP) is 4.00. The molecule has 6 atom stereocenters. The molecule has 3 amide bonds. The summed E-state index contributed by atoms with van der Waals surface area (Å²) in [5.74, 6) is 7.16. The van der Waals surface area contributed by atoms with Gasteiger partial charge in [-0.2, -0.15) is 5.48 Å². The monoisotopic (exact) mass is 770 g/mol. The molecule has 298 valence electrons. The zero-order chi connectivity index (χ0) is 40.2. The van der Waals surface area contributed by atoms with E-state index in [2.05, 4.69) is 52.6 Å². The van der Waals surface area contributed by atoms with Gasteiger partial charge in [0.15, 0.2) is 6.79 Å². The summed E-state index contributed by atoms with van der Waals surface area (Å²) in [7, 11) is 5.75. The highest BCUT2D eigenvalue weighted by molar-refractivity contribution is 5.86. The second-order valence-corrected chi connectivity index (χ2v) is 13.3. The normalized spacial score (nSPS) is 16.6. The average molecular weight is 771 g/mol. The Morgan fingerprint density at radius 1 is 0.821 bits per heavy atom. The van der Waals surface area contributed by atoms with Crippen LogP contribution in [0.1, 0.15) is 68.5 Å². The number of H-pyrrole nitrogens is 2. The van der Waals surface area contributed by atoms with E-state index in [1.165, 1.54) is 21.3 Å². The van der Waals surface area contributed by atoms with Gasteiger partial charge in [-0.1, -0.05) is 36.1 Å². The van der Waals surface area contributed by atoms with Crippen LogP contribution in [-0.2, 0) is 33.4 Å². The molecule has 16 nitrogen and oxygen atoms in total. The van der Waals surface area contributed by atoms with Crippen LogP contribution in [0, 0.1) is 11.8 Å². The Kier molecular flexibility index (Phi) is 14.7. The van der Waals surface area contributed by atoms with Gasteiger partial charge in [-0.3, -0.25) is 14.4 Å². The molecule has 0 saturated carbocycles. The minimum atomic E-state index is -0.954. The number of aromatic nitrogens is 4. The summed E-state index contributed by atoms with van der Waals surface area (Å²) in [6, 6.07) is 13.3. The Labute approximate surface area is 326 Å². The summed E-state index contributed by atoms with van der Waals surface area (Å²) in [5, 5.41) is 5.36. The van der Waals surface area contributed by atoms with Gasteiger partial charge in [0.2, 0.25) is 11.8 Å². The van der Waals surface area contributed by atoms with E-state index in [-0.39, 0.29) is 18.7 Å². The van der Waals surface area contributed by atoms with E-state index in [1.54, 1.807) is 33.4 Å². The Morgan fingerprint density at radius 2 is 1.41 bits per heavy atom. The number of rotatable bonds is 16. The molecule has 1 fully saturated rings. The van der Waals surface area contributed by atoms with Crippen LogP contribution in [0.2, 0.25) is 0 Å². The minimum absolute atomic E-state index is 0.000467. The average Bonchev–Trinajstić information content (AvgIpc) is 4.02. The molecule has 0 unspecified atom stereocenters. The third-order valence-corrected chi connectivity index (χ3v) is 9.63. The van der Waals surface area contributed by atoms with Crippen LogP contribution in [-0.4, -0.2) is 109 Å².